The minimum absolute atomic E-state index is 0.181. The zero-order chi connectivity index (χ0) is 20.8. The summed E-state index contributed by atoms with van der Waals surface area (Å²) < 4.78 is 0.689. The van der Waals surface area contributed by atoms with Gasteiger partial charge < -0.3 is 9.74 Å². The van der Waals surface area contributed by atoms with Crippen molar-refractivity contribution in [3.05, 3.63) is 69.7 Å². The summed E-state index contributed by atoms with van der Waals surface area (Å²) in [6.45, 7) is 1.19. The van der Waals surface area contributed by atoms with E-state index < -0.39 is 12.0 Å². The number of aldehydes is 1. The minimum Gasteiger partial charge on any atom is -0.319 e. The fraction of sp³-hybridized carbons (Fsp3) is 0.318. The predicted octanol–water partition coefficient (Wildman–Crippen LogP) is 4.34. The van der Waals surface area contributed by atoms with Crippen molar-refractivity contribution in [2.45, 2.75) is 19.3 Å². The number of carbonyl (C=O) groups excluding carboxylic acids is 3. The van der Waals surface area contributed by atoms with Crippen molar-refractivity contribution < 1.29 is 19.2 Å². The molecular formula is C22H23BrN2O4. The van der Waals surface area contributed by atoms with Gasteiger partial charge in [0.15, 0.2) is 6.29 Å². The molecule has 2 aromatic rings. The standard InChI is InChI=1S/C22H23BrN2O4/c1-24(21(27)20-8-7-19(23)14-18(20)15-26)29-22(28)25-11-9-17(10-12-25)13-16-5-3-2-4-6-16/h2-8,14-15,17H,9-13H2,1H3. The van der Waals surface area contributed by atoms with Crippen molar-refractivity contribution in [1.29, 1.82) is 0 Å². The second kappa shape index (κ2) is 9.69. The lowest BCUT2D eigenvalue weighted by molar-refractivity contribution is -0.0677. The average Bonchev–Trinajstić information content (AvgIpc) is 2.74. The van der Waals surface area contributed by atoms with Crippen LogP contribution in [0.2, 0.25) is 0 Å². The first-order chi connectivity index (χ1) is 14.0. The van der Waals surface area contributed by atoms with E-state index in [4.69, 9.17) is 4.84 Å². The number of piperidine rings is 1. The van der Waals surface area contributed by atoms with Gasteiger partial charge in [0.05, 0.1) is 5.56 Å². The van der Waals surface area contributed by atoms with Gasteiger partial charge in [0.1, 0.15) is 0 Å². The Morgan fingerprint density at radius 3 is 2.52 bits per heavy atom. The molecule has 1 aliphatic heterocycles. The summed E-state index contributed by atoms with van der Waals surface area (Å²) in [6, 6.07) is 15.1. The molecule has 152 valence electrons. The van der Waals surface area contributed by atoms with Crippen LogP contribution in [-0.4, -0.2) is 48.4 Å². The van der Waals surface area contributed by atoms with E-state index in [1.807, 2.05) is 18.2 Å². The molecule has 1 aliphatic rings. The molecule has 2 aromatic carbocycles. The highest BCUT2D eigenvalue weighted by Gasteiger charge is 2.27. The lowest BCUT2D eigenvalue weighted by Gasteiger charge is -2.32. The van der Waals surface area contributed by atoms with Crippen LogP contribution in [0, 0.1) is 5.92 Å². The Hall–Kier alpha value is -2.67. The minimum atomic E-state index is -0.552. The number of carbonyl (C=O) groups is 3. The van der Waals surface area contributed by atoms with E-state index >= 15 is 0 Å². The Morgan fingerprint density at radius 2 is 1.86 bits per heavy atom. The number of benzene rings is 2. The molecule has 2 amide bonds. The summed E-state index contributed by atoms with van der Waals surface area (Å²) in [6.07, 6.45) is 2.84. The summed E-state index contributed by atoms with van der Waals surface area (Å²) in [5, 5.41) is 0.884. The van der Waals surface area contributed by atoms with Gasteiger partial charge >= 0.3 is 6.09 Å². The number of rotatable bonds is 4. The van der Waals surface area contributed by atoms with Gasteiger partial charge in [-0.05, 0) is 48.9 Å². The van der Waals surface area contributed by atoms with Crippen LogP contribution in [0.3, 0.4) is 0 Å². The number of amides is 2. The molecule has 0 unspecified atom stereocenters. The highest BCUT2D eigenvalue weighted by atomic mass is 79.9. The van der Waals surface area contributed by atoms with Crippen LogP contribution in [0.25, 0.3) is 0 Å². The maximum absolute atomic E-state index is 12.6. The van der Waals surface area contributed by atoms with Crippen LogP contribution < -0.4 is 0 Å². The van der Waals surface area contributed by atoms with Gasteiger partial charge in [0.2, 0.25) is 0 Å². The van der Waals surface area contributed by atoms with Gasteiger partial charge in [-0.15, -0.1) is 0 Å². The van der Waals surface area contributed by atoms with E-state index in [0.29, 0.717) is 29.8 Å². The summed E-state index contributed by atoms with van der Waals surface area (Å²) in [5.41, 5.74) is 1.72. The first-order valence-electron chi connectivity index (χ1n) is 9.51. The van der Waals surface area contributed by atoms with E-state index in [0.717, 1.165) is 24.3 Å². The molecule has 1 heterocycles. The van der Waals surface area contributed by atoms with Crippen molar-refractivity contribution in [2.24, 2.45) is 5.92 Å². The van der Waals surface area contributed by atoms with E-state index in [1.165, 1.54) is 18.7 Å². The summed E-state index contributed by atoms with van der Waals surface area (Å²) in [4.78, 5) is 43.1. The van der Waals surface area contributed by atoms with Crippen molar-refractivity contribution in [1.82, 2.24) is 9.96 Å². The monoisotopic (exact) mass is 458 g/mol. The van der Waals surface area contributed by atoms with Crippen molar-refractivity contribution in [3.63, 3.8) is 0 Å². The van der Waals surface area contributed by atoms with E-state index in [-0.39, 0.29) is 11.1 Å². The van der Waals surface area contributed by atoms with Gasteiger partial charge in [-0.3, -0.25) is 9.59 Å². The molecule has 1 fully saturated rings. The van der Waals surface area contributed by atoms with E-state index in [1.54, 1.807) is 17.0 Å². The maximum Gasteiger partial charge on any atom is 0.434 e. The molecule has 29 heavy (non-hydrogen) atoms. The van der Waals surface area contributed by atoms with Crippen molar-refractivity contribution >= 4 is 34.2 Å². The fourth-order valence-electron chi connectivity index (χ4n) is 3.48. The van der Waals surface area contributed by atoms with Crippen LogP contribution >= 0.6 is 15.9 Å². The zero-order valence-corrected chi connectivity index (χ0v) is 17.8. The quantitative estimate of drug-likeness (QED) is 0.504. The Kier molecular flexibility index (Phi) is 7.04. The van der Waals surface area contributed by atoms with Gasteiger partial charge in [-0.2, -0.15) is 5.06 Å². The third-order valence-corrected chi connectivity index (χ3v) is 5.61. The molecule has 7 heteroatoms. The molecule has 0 saturated carbocycles. The molecule has 0 bridgehead atoms. The molecule has 1 saturated heterocycles. The predicted molar refractivity (Wildman–Crippen MR) is 113 cm³/mol. The number of likely N-dealkylation sites (tertiary alicyclic amines) is 1. The van der Waals surface area contributed by atoms with Gasteiger partial charge in [0, 0.05) is 30.2 Å². The first kappa shape index (κ1) is 21.0. The largest absolute Gasteiger partial charge is 0.434 e. The highest BCUT2D eigenvalue weighted by Crippen LogP contribution is 2.22. The van der Waals surface area contributed by atoms with Crippen LogP contribution in [0.5, 0.6) is 0 Å². The molecule has 0 spiro atoms. The highest BCUT2D eigenvalue weighted by molar-refractivity contribution is 9.10. The summed E-state index contributed by atoms with van der Waals surface area (Å²) in [5.74, 6) is -0.0226. The number of hydrogen-bond donors (Lipinski definition) is 0. The third kappa shape index (κ3) is 5.44. The molecule has 0 aliphatic carbocycles. The molecular weight excluding hydrogens is 436 g/mol. The Balaban J connectivity index is 1.53. The SMILES string of the molecule is CN(OC(=O)N1CCC(Cc2ccccc2)CC1)C(=O)c1ccc(Br)cc1C=O. The molecule has 0 atom stereocenters. The Labute approximate surface area is 178 Å². The van der Waals surface area contributed by atoms with Crippen LogP contribution in [0.4, 0.5) is 4.79 Å². The van der Waals surface area contributed by atoms with Gasteiger partial charge in [-0.1, -0.05) is 46.3 Å². The lowest BCUT2D eigenvalue weighted by atomic mass is 9.90. The maximum atomic E-state index is 12.6. The van der Waals surface area contributed by atoms with Crippen LogP contribution in [0.15, 0.2) is 53.0 Å². The second-order valence-electron chi connectivity index (χ2n) is 7.13. The lowest BCUT2D eigenvalue weighted by Crippen LogP contribution is -2.42. The van der Waals surface area contributed by atoms with E-state index in [2.05, 4.69) is 28.1 Å². The van der Waals surface area contributed by atoms with Gasteiger partial charge in [0.25, 0.3) is 5.91 Å². The number of hydrogen-bond acceptors (Lipinski definition) is 4. The first-order valence-corrected chi connectivity index (χ1v) is 10.3. The molecule has 6 nitrogen and oxygen atoms in total. The average molecular weight is 459 g/mol. The topological polar surface area (TPSA) is 66.9 Å². The Morgan fingerprint density at radius 1 is 1.17 bits per heavy atom. The zero-order valence-electron chi connectivity index (χ0n) is 16.2. The second-order valence-corrected chi connectivity index (χ2v) is 8.05. The van der Waals surface area contributed by atoms with Crippen LogP contribution in [0.1, 0.15) is 39.1 Å². The van der Waals surface area contributed by atoms with Crippen LogP contribution in [-0.2, 0) is 11.3 Å². The fourth-order valence-corrected chi connectivity index (χ4v) is 3.86. The Bertz CT molecular complexity index is 880. The number of hydroxylamine groups is 2. The normalized spacial score (nSPS) is 14.3. The van der Waals surface area contributed by atoms with E-state index in [9.17, 15) is 14.4 Å². The smallest absolute Gasteiger partial charge is 0.319 e. The van der Waals surface area contributed by atoms with Crippen molar-refractivity contribution in [2.75, 3.05) is 20.1 Å². The van der Waals surface area contributed by atoms with Gasteiger partial charge in [-0.25, -0.2) is 4.79 Å². The number of halogens is 1. The summed E-state index contributed by atoms with van der Waals surface area (Å²) >= 11 is 3.27. The molecule has 0 radical (unpaired) electrons. The number of nitrogens with zero attached hydrogens (tertiary/aromatic N) is 2. The third-order valence-electron chi connectivity index (χ3n) is 5.11. The molecule has 0 aromatic heterocycles. The summed E-state index contributed by atoms with van der Waals surface area (Å²) in [7, 11) is 1.37. The molecule has 3 rings (SSSR count). The van der Waals surface area contributed by atoms with Crippen molar-refractivity contribution in [3.8, 4) is 0 Å². The molecule has 0 N–H and O–H groups in total.